The van der Waals surface area contributed by atoms with Crippen LogP contribution in [0.4, 0.5) is 10.5 Å². The zero-order chi connectivity index (χ0) is 18.0. The number of ether oxygens (including phenoxy) is 1. The van der Waals surface area contributed by atoms with E-state index in [1.165, 1.54) is 5.01 Å². The number of anilines is 1. The van der Waals surface area contributed by atoms with Crippen molar-refractivity contribution in [1.29, 1.82) is 0 Å². The molecule has 1 aliphatic heterocycles. The molecular weight excluding hydrogens is 382 g/mol. The lowest BCUT2D eigenvalue weighted by Crippen LogP contribution is -2.43. The number of carbonyl (C=O) groups excluding carboxylic acids is 1. The summed E-state index contributed by atoms with van der Waals surface area (Å²) in [5.41, 5.74) is 2.95. The number of amides is 2. The SMILES string of the molecule is COc1ccc2c(c1)C=NN(C(=O)N(C)c1ccc(Br)cc1)[C@@H](C)C2. The first-order valence-corrected chi connectivity index (χ1v) is 8.82. The summed E-state index contributed by atoms with van der Waals surface area (Å²) in [7, 11) is 3.40. The molecule has 130 valence electrons. The highest BCUT2D eigenvalue weighted by Crippen LogP contribution is 2.24. The molecule has 25 heavy (non-hydrogen) atoms. The van der Waals surface area contributed by atoms with E-state index in [1.807, 2.05) is 49.4 Å². The molecular formula is C19H20BrN3O2. The highest BCUT2D eigenvalue weighted by atomic mass is 79.9. The Morgan fingerprint density at radius 2 is 2.00 bits per heavy atom. The maximum atomic E-state index is 12.9. The fourth-order valence-electron chi connectivity index (χ4n) is 2.82. The summed E-state index contributed by atoms with van der Waals surface area (Å²) in [4.78, 5) is 14.5. The molecule has 5 nitrogen and oxygen atoms in total. The molecule has 0 saturated carbocycles. The van der Waals surface area contributed by atoms with Crippen LogP contribution in [0.15, 0.2) is 52.0 Å². The highest BCUT2D eigenvalue weighted by Gasteiger charge is 2.26. The van der Waals surface area contributed by atoms with Gasteiger partial charge in [-0.1, -0.05) is 22.0 Å². The van der Waals surface area contributed by atoms with E-state index in [0.717, 1.165) is 33.5 Å². The lowest BCUT2D eigenvalue weighted by molar-refractivity contribution is 0.190. The number of carbonyl (C=O) groups is 1. The molecule has 0 aromatic heterocycles. The third kappa shape index (κ3) is 3.69. The molecule has 0 spiro atoms. The standard InChI is InChI=1S/C19H20BrN3O2/c1-13-10-14-4-9-18(25-3)11-15(14)12-21-23(13)19(24)22(2)17-7-5-16(20)6-8-17/h4-9,11-13H,10H2,1-3H3/t13-/m0/s1. The molecule has 0 radical (unpaired) electrons. The second-order valence-electron chi connectivity index (χ2n) is 6.03. The van der Waals surface area contributed by atoms with E-state index in [4.69, 9.17) is 4.74 Å². The van der Waals surface area contributed by atoms with Crippen molar-refractivity contribution in [3.63, 3.8) is 0 Å². The highest BCUT2D eigenvalue weighted by molar-refractivity contribution is 9.10. The van der Waals surface area contributed by atoms with Crippen LogP contribution < -0.4 is 9.64 Å². The van der Waals surface area contributed by atoms with Crippen molar-refractivity contribution >= 4 is 33.9 Å². The predicted molar refractivity (Wildman–Crippen MR) is 104 cm³/mol. The van der Waals surface area contributed by atoms with Gasteiger partial charge >= 0.3 is 6.03 Å². The molecule has 3 rings (SSSR count). The van der Waals surface area contributed by atoms with E-state index in [9.17, 15) is 4.79 Å². The van der Waals surface area contributed by atoms with Crippen LogP contribution in [0, 0.1) is 0 Å². The molecule has 1 atom stereocenters. The van der Waals surface area contributed by atoms with E-state index in [1.54, 1.807) is 25.3 Å². The average Bonchev–Trinajstić information content (AvgIpc) is 2.78. The molecule has 1 aliphatic rings. The molecule has 0 N–H and O–H groups in total. The zero-order valence-corrected chi connectivity index (χ0v) is 16.0. The third-order valence-electron chi connectivity index (χ3n) is 4.30. The Hall–Kier alpha value is -2.34. The monoisotopic (exact) mass is 401 g/mol. The number of fused-ring (bicyclic) bond motifs is 1. The van der Waals surface area contributed by atoms with Crippen LogP contribution in [0.1, 0.15) is 18.1 Å². The van der Waals surface area contributed by atoms with Crippen molar-refractivity contribution in [2.24, 2.45) is 5.10 Å². The number of rotatable bonds is 2. The molecule has 2 amide bonds. The fourth-order valence-corrected chi connectivity index (χ4v) is 3.08. The van der Waals surface area contributed by atoms with Crippen LogP contribution in [0.5, 0.6) is 5.75 Å². The minimum absolute atomic E-state index is 0.0451. The molecule has 0 bridgehead atoms. The Kier molecular flexibility index (Phi) is 5.08. The summed E-state index contributed by atoms with van der Waals surface area (Å²) >= 11 is 3.41. The Balaban J connectivity index is 1.84. The maximum Gasteiger partial charge on any atom is 0.344 e. The van der Waals surface area contributed by atoms with E-state index in [-0.39, 0.29) is 12.1 Å². The van der Waals surface area contributed by atoms with Gasteiger partial charge in [-0.25, -0.2) is 9.80 Å². The van der Waals surface area contributed by atoms with Gasteiger partial charge in [0.15, 0.2) is 0 Å². The van der Waals surface area contributed by atoms with Gasteiger partial charge in [-0.15, -0.1) is 0 Å². The average molecular weight is 402 g/mol. The van der Waals surface area contributed by atoms with E-state index in [0.29, 0.717) is 0 Å². The molecule has 0 aliphatic carbocycles. The number of methoxy groups -OCH3 is 1. The summed E-state index contributed by atoms with van der Waals surface area (Å²) in [6.45, 7) is 2.00. The smallest absolute Gasteiger partial charge is 0.344 e. The molecule has 1 heterocycles. The van der Waals surface area contributed by atoms with Crippen molar-refractivity contribution in [2.45, 2.75) is 19.4 Å². The zero-order valence-electron chi connectivity index (χ0n) is 14.4. The fraction of sp³-hybridized carbons (Fsp3) is 0.263. The third-order valence-corrected chi connectivity index (χ3v) is 4.83. The van der Waals surface area contributed by atoms with Gasteiger partial charge < -0.3 is 4.74 Å². The Bertz CT molecular complexity index is 805. The van der Waals surface area contributed by atoms with Crippen LogP contribution in [-0.4, -0.2) is 37.5 Å². The summed E-state index contributed by atoms with van der Waals surface area (Å²) in [6.07, 6.45) is 2.47. The topological polar surface area (TPSA) is 45.1 Å². The van der Waals surface area contributed by atoms with Crippen molar-refractivity contribution in [1.82, 2.24) is 5.01 Å². The van der Waals surface area contributed by atoms with Gasteiger partial charge in [0, 0.05) is 22.8 Å². The van der Waals surface area contributed by atoms with Gasteiger partial charge in [-0.05, 0) is 55.3 Å². The Morgan fingerprint density at radius 1 is 1.28 bits per heavy atom. The largest absolute Gasteiger partial charge is 0.497 e. The molecule has 0 fully saturated rings. The summed E-state index contributed by atoms with van der Waals surface area (Å²) in [5.74, 6) is 0.782. The maximum absolute atomic E-state index is 12.9. The number of benzene rings is 2. The van der Waals surface area contributed by atoms with Crippen LogP contribution in [0.25, 0.3) is 0 Å². The molecule has 6 heteroatoms. The van der Waals surface area contributed by atoms with E-state index in [2.05, 4.69) is 21.0 Å². The number of urea groups is 1. The number of hydrazone groups is 1. The number of halogens is 1. The van der Waals surface area contributed by atoms with Gasteiger partial charge in [0.2, 0.25) is 0 Å². The first-order valence-electron chi connectivity index (χ1n) is 8.03. The number of hydrogen-bond acceptors (Lipinski definition) is 3. The number of nitrogens with zero attached hydrogens (tertiary/aromatic N) is 3. The van der Waals surface area contributed by atoms with Crippen LogP contribution in [0.2, 0.25) is 0 Å². The van der Waals surface area contributed by atoms with Crippen LogP contribution in [-0.2, 0) is 6.42 Å². The van der Waals surface area contributed by atoms with E-state index >= 15 is 0 Å². The van der Waals surface area contributed by atoms with Crippen LogP contribution in [0.3, 0.4) is 0 Å². The molecule has 0 saturated heterocycles. The normalized spacial score (nSPS) is 16.2. The lowest BCUT2D eigenvalue weighted by atomic mass is 10.0. The van der Waals surface area contributed by atoms with E-state index < -0.39 is 0 Å². The second kappa shape index (κ2) is 7.27. The van der Waals surface area contributed by atoms with Crippen molar-refractivity contribution in [2.75, 3.05) is 19.1 Å². The van der Waals surface area contributed by atoms with Gasteiger partial charge in [0.05, 0.1) is 19.4 Å². The minimum atomic E-state index is -0.161. The minimum Gasteiger partial charge on any atom is -0.497 e. The second-order valence-corrected chi connectivity index (χ2v) is 6.94. The molecule has 2 aromatic carbocycles. The van der Waals surface area contributed by atoms with Crippen molar-refractivity contribution < 1.29 is 9.53 Å². The first-order chi connectivity index (χ1) is 12.0. The Morgan fingerprint density at radius 3 is 2.68 bits per heavy atom. The van der Waals surface area contributed by atoms with Gasteiger partial charge in [0.25, 0.3) is 0 Å². The van der Waals surface area contributed by atoms with Gasteiger partial charge in [0.1, 0.15) is 5.75 Å². The quantitative estimate of drug-likeness (QED) is 0.752. The summed E-state index contributed by atoms with van der Waals surface area (Å²) < 4.78 is 6.25. The Labute approximate surface area is 156 Å². The molecule has 2 aromatic rings. The number of hydrogen-bond donors (Lipinski definition) is 0. The lowest BCUT2D eigenvalue weighted by Gasteiger charge is -2.28. The van der Waals surface area contributed by atoms with Crippen molar-refractivity contribution in [3.05, 3.63) is 58.1 Å². The predicted octanol–water partition coefficient (Wildman–Crippen LogP) is 4.29. The van der Waals surface area contributed by atoms with Crippen molar-refractivity contribution in [3.8, 4) is 5.75 Å². The summed E-state index contributed by atoms with van der Waals surface area (Å²) in [6, 6.07) is 13.3. The van der Waals surface area contributed by atoms with Gasteiger partial charge in [-0.3, -0.25) is 4.90 Å². The first kappa shape index (κ1) is 17.5. The van der Waals surface area contributed by atoms with Crippen LogP contribution >= 0.6 is 15.9 Å². The van der Waals surface area contributed by atoms with Gasteiger partial charge in [-0.2, -0.15) is 5.10 Å². The summed E-state index contributed by atoms with van der Waals surface area (Å²) in [5, 5.41) is 5.97. The molecule has 0 unspecified atom stereocenters.